The van der Waals surface area contributed by atoms with Crippen LogP contribution in [0.15, 0.2) is 17.6 Å². The molecule has 1 aliphatic heterocycles. The first-order chi connectivity index (χ1) is 8.74. The standard InChI is InChI=1S/C12H12N2O3S/c15-12(16)8-4-7(5-13-8)9-6-18-11(14-9)10-2-1-3-17-10/h4-6,10,13H,1-3H2,(H,15,16). The molecular formula is C12H12N2O3S. The highest BCUT2D eigenvalue weighted by molar-refractivity contribution is 7.10. The Bertz CT molecular complexity index is 569. The Balaban J connectivity index is 1.85. The van der Waals surface area contributed by atoms with Gasteiger partial charge in [0.25, 0.3) is 0 Å². The monoisotopic (exact) mass is 264 g/mol. The summed E-state index contributed by atoms with van der Waals surface area (Å²) in [5.74, 6) is -0.962. The van der Waals surface area contributed by atoms with Crippen LogP contribution in [-0.2, 0) is 4.74 Å². The normalized spacial score (nSPS) is 19.2. The zero-order valence-corrected chi connectivity index (χ0v) is 10.4. The Labute approximate surface area is 107 Å². The number of H-pyrrole nitrogens is 1. The Morgan fingerprint density at radius 3 is 3.17 bits per heavy atom. The van der Waals surface area contributed by atoms with Crippen LogP contribution < -0.4 is 0 Å². The van der Waals surface area contributed by atoms with Gasteiger partial charge in [0.1, 0.15) is 16.8 Å². The van der Waals surface area contributed by atoms with Gasteiger partial charge < -0.3 is 14.8 Å². The van der Waals surface area contributed by atoms with E-state index in [1.165, 1.54) is 0 Å². The minimum atomic E-state index is -0.962. The van der Waals surface area contributed by atoms with E-state index in [1.54, 1.807) is 23.6 Å². The lowest BCUT2D eigenvalue weighted by atomic mass is 10.2. The third-order valence-electron chi connectivity index (χ3n) is 2.94. The van der Waals surface area contributed by atoms with E-state index >= 15 is 0 Å². The van der Waals surface area contributed by atoms with E-state index in [1.807, 2.05) is 5.38 Å². The van der Waals surface area contributed by atoms with Crippen molar-refractivity contribution in [2.24, 2.45) is 0 Å². The van der Waals surface area contributed by atoms with Gasteiger partial charge >= 0.3 is 5.97 Å². The SMILES string of the molecule is O=C(O)c1cc(-c2csc(C3CCCO3)n2)c[nH]1. The van der Waals surface area contributed by atoms with Gasteiger partial charge in [-0.15, -0.1) is 11.3 Å². The summed E-state index contributed by atoms with van der Waals surface area (Å²) in [6.45, 7) is 0.799. The molecule has 1 fully saturated rings. The topological polar surface area (TPSA) is 75.2 Å². The molecule has 0 aliphatic carbocycles. The van der Waals surface area contributed by atoms with E-state index in [0.717, 1.165) is 35.7 Å². The zero-order chi connectivity index (χ0) is 12.5. The van der Waals surface area contributed by atoms with Crippen molar-refractivity contribution in [1.29, 1.82) is 0 Å². The van der Waals surface area contributed by atoms with E-state index in [-0.39, 0.29) is 11.8 Å². The first kappa shape index (κ1) is 11.4. The Morgan fingerprint density at radius 1 is 1.61 bits per heavy atom. The predicted molar refractivity (Wildman–Crippen MR) is 66.8 cm³/mol. The number of carboxylic acids is 1. The second-order valence-corrected chi connectivity index (χ2v) is 5.07. The molecule has 1 saturated heterocycles. The van der Waals surface area contributed by atoms with E-state index in [2.05, 4.69) is 9.97 Å². The number of carboxylic acid groups (broad SMARTS) is 1. The summed E-state index contributed by atoms with van der Waals surface area (Å²) in [4.78, 5) is 18.0. The number of carbonyl (C=O) groups is 1. The van der Waals surface area contributed by atoms with E-state index < -0.39 is 5.97 Å². The van der Waals surface area contributed by atoms with Gasteiger partial charge in [-0.05, 0) is 18.9 Å². The Hall–Kier alpha value is -1.66. The van der Waals surface area contributed by atoms with Crippen molar-refractivity contribution in [3.05, 3.63) is 28.3 Å². The number of hydrogen-bond acceptors (Lipinski definition) is 4. The van der Waals surface area contributed by atoms with Gasteiger partial charge in [-0.2, -0.15) is 0 Å². The van der Waals surface area contributed by atoms with Crippen molar-refractivity contribution >= 4 is 17.3 Å². The molecule has 6 heteroatoms. The largest absolute Gasteiger partial charge is 0.477 e. The molecule has 5 nitrogen and oxygen atoms in total. The van der Waals surface area contributed by atoms with Crippen LogP contribution in [-0.4, -0.2) is 27.7 Å². The molecule has 3 rings (SSSR count). The van der Waals surface area contributed by atoms with Gasteiger partial charge in [-0.25, -0.2) is 9.78 Å². The van der Waals surface area contributed by atoms with Gasteiger partial charge in [-0.1, -0.05) is 0 Å². The van der Waals surface area contributed by atoms with Crippen LogP contribution in [0.2, 0.25) is 0 Å². The summed E-state index contributed by atoms with van der Waals surface area (Å²) >= 11 is 1.56. The van der Waals surface area contributed by atoms with Crippen molar-refractivity contribution in [1.82, 2.24) is 9.97 Å². The molecule has 0 aromatic carbocycles. The molecule has 3 heterocycles. The molecule has 18 heavy (non-hydrogen) atoms. The lowest BCUT2D eigenvalue weighted by Crippen LogP contribution is -1.95. The Kier molecular flexibility index (Phi) is 2.89. The second-order valence-electron chi connectivity index (χ2n) is 4.18. The molecule has 0 bridgehead atoms. The third-order valence-corrected chi connectivity index (χ3v) is 3.87. The molecule has 1 aliphatic rings. The molecule has 1 atom stereocenters. The molecule has 0 spiro atoms. The molecule has 0 saturated carbocycles. The second kappa shape index (κ2) is 4.55. The lowest BCUT2D eigenvalue weighted by Gasteiger charge is -2.03. The fourth-order valence-electron chi connectivity index (χ4n) is 2.01. The number of thiazole rings is 1. The van der Waals surface area contributed by atoms with Crippen molar-refractivity contribution in [3.63, 3.8) is 0 Å². The zero-order valence-electron chi connectivity index (χ0n) is 9.55. The molecule has 1 unspecified atom stereocenters. The fraction of sp³-hybridized carbons (Fsp3) is 0.333. The highest BCUT2D eigenvalue weighted by atomic mass is 32.1. The van der Waals surface area contributed by atoms with Gasteiger partial charge in [0, 0.05) is 23.7 Å². The van der Waals surface area contributed by atoms with Crippen LogP contribution >= 0.6 is 11.3 Å². The van der Waals surface area contributed by atoms with E-state index in [0.29, 0.717) is 0 Å². The van der Waals surface area contributed by atoms with Crippen molar-refractivity contribution in [2.75, 3.05) is 6.61 Å². The summed E-state index contributed by atoms with van der Waals surface area (Å²) in [5, 5.41) is 11.8. The van der Waals surface area contributed by atoms with Crippen LogP contribution in [0.3, 0.4) is 0 Å². The van der Waals surface area contributed by atoms with Gasteiger partial charge in [0.2, 0.25) is 0 Å². The maximum atomic E-state index is 10.8. The summed E-state index contributed by atoms with van der Waals surface area (Å²) < 4.78 is 5.58. The van der Waals surface area contributed by atoms with E-state index in [9.17, 15) is 4.79 Å². The van der Waals surface area contributed by atoms with Crippen molar-refractivity contribution in [2.45, 2.75) is 18.9 Å². The summed E-state index contributed by atoms with van der Waals surface area (Å²) in [6.07, 6.45) is 3.87. The number of nitrogens with one attached hydrogen (secondary N) is 1. The van der Waals surface area contributed by atoms with E-state index in [4.69, 9.17) is 9.84 Å². The summed E-state index contributed by atoms with van der Waals surface area (Å²) in [6, 6.07) is 1.59. The third kappa shape index (κ3) is 2.04. The molecule has 2 aromatic heterocycles. The summed E-state index contributed by atoms with van der Waals surface area (Å²) in [7, 11) is 0. The smallest absolute Gasteiger partial charge is 0.352 e. The minimum Gasteiger partial charge on any atom is -0.477 e. The molecule has 0 amide bonds. The van der Waals surface area contributed by atoms with Crippen molar-refractivity contribution in [3.8, 4) is 11.3 Å². The predicted octanol–water partition coefficient (Wildman–Crippen LogP) is 2.69. The van der Waals surface area contributed by atoms with Crippen LogP contribution in [0.5, 0.6) is 0 Å². The number of rotatable bonds is 3. The fourth-order valence-corrected chi connectivity index (χ4v) is 2.92. The molecular weight excluding hydrogens is 252 g/mol. The average molecular weight is 264 g/mol. The highest BCUT2D eigenvalue weighted by Crippen LogP contribution is 2.33. The lowest BCUT2D eigenvalue weighted by molar-refractivity contribution is 0.0691. The average Bonchev–Trinajstić information content (AvgIpc) is 3.10. The summed E-state index contributed by atoms with van der Waals surface area (Å²) in [5.41, 5.74) is 1.78. The van der Waals surface area contributed by atoms with Crippen LogP contribution in [0.1, 0.15) is 34.4 Å². The minimum absolute atomic E-state index is 0.113. The number of nitrogens with zero attached hydrogens (tertiary/aromatic N) is 1. The maximum absolute atomic E-state index is 10.8. The first-order valence-corrected chi connectivity index (χ1v) is 6.61. The van der Waals surface area contributed by atoms with Crippen LogP contribution in [0.25, 0.3) is 11.3 Å². The molecule has 2 N–H and O–H groups in total. The number of aromatic nitrogens is 2. The quantitative estimate of drug-likeness (QED) is 0.893. The van der Waals surface area contributed by atoms with Gasteiger partial charge in [0.05, 0.1) is 5.69 Å². The van der Waals surface area contributed by atoms with Crippen LogP contribution in [0, 0.1) is 0 Å². The first-order valence-electron chi connectivity index (χ1n) is 5.73. The number of hydrogen-bond donors (Lipinski definition) is 2. The number of ether oxygens (including phenoxy) is 1. The van der Waals surface area contributed by atoms with Crippen LogP contribution in [0.4, 0.5) is 0 Å². The van der Waals surface area contributed by atoms with Crippen molar-refractivity contribution < 1.29 is 14.6 Å². The number of aromatic amines is 1. The van der Waals surface area contributed by atoms with Gasteiger partial charge in [-0.3, -0.25) is 0 Å². The molecule has 0 radical (unpaired) electrons. The van der Waals surface area contributed by atoms with Gasteiger partial charge in [0.15, 0.2) is 0 Å². The Morgan fingerprint density at radius 2 is 2.50 bits per heavy atom. The number of aromatic carboxylic acids is 1. The molecule has 94 valence electrons. The molecule has 2 aromatic rings. The highest BCUT2D eigenvalue weighted by Gasteiger charge is 2.21. The maximum Gasteiger partial charge on any atom is 0.352 e.